The topological polar surface area (TPSA) is 102 Å². The molecule has 0 radical (unpaired) electrons. The second-order valence-electron chi connectivity index (χ2n) is 18.4. The van der Waals surface area contributed by atoms with Gasteiger partial charge in [-0.05, 0) is 70.6 Å². The fourth-order valence-corrected chi connectivity index (χ4v) is 7.43. The van der Waals surface area contributed by atoms with E-state index in [1.54, 1.807) is 21.1 Å². The van der Waals surface area contributed by atoms with Gasteiger partial charge in [-0.3, -0.25) is 9.59 Å². The van der Waals surface area contributed by atoms with Gasteiger partial charge in [0.1, 0.15) is 12.6 Å². The monoisotopic (exact) mass is 884 g/mol. The number of allylic oxidation sites excluding steroid dienone is 10. The van der Waals surface area contributed by atoms with E-state index >= 15 is 0 Å². The highest BCUT2D eigenvalue weighted by Crippen LogP contribution is 2.15. The molecule has 8 heteroatoms. The summed E-state index contributed by atoms with van der Waals surface area (Å²) >= 11 is 0. The van der Waals surface area contributed by atoms with Crippen LogP contribution in [-0.4, -0.2) is 75.5 Å². The van der Waals surface area contributed by atoms with Gasteiger partial charge in [0.2, 0.25) is 0 Å². The van der Waals surface area contributed by atoms with Crippen LogP contribution in [0.3, 0.4) is 0 Å². The van der Waals surface area contributed by atoms with Crippen molar-refractivity contribution in [3.05, 3.63) is 60.8 Å². The number of quaternary nitrogens is 1. The van der Waals surface area contributed by atoms with E-state index in [-0.39, 0.29) is 42.7 Å². The van der Waals surface area contributed by atoms with Gasteiger partial charge in [-0.25, -0.2) is 0 Å². The summed E-state index contributed by atoms with van der Waals surface area (Å²) in [6, 6.07) is -0.729. The maximum Gasteiger partial charge on any atom is 0.306 e. The number of hydrogen-bond donors (Lipinski definition) is 0. The Balaban J connectivity index is 4.24. The fraction of sp³-hybridized carbons (Fsp3) is 0.764. The maximum atomic E-state index is 12.8. The Morgan fingerprint density at radius 3 is 1.41 bits per heavy atom. The summed E-state index contributed by atoms with van der Waals surface area (Å²) in [6.07, 6.45) is 56.7. The molecular weight excluding hydrogens is 787 g/mol. The van der Waals surface area contributed by atoms with Crippen LogP contribution in [0.4, 0.5) is 0 Å². The Labute approximate surface area is 388 Å². The van der Waals surface area contributed by atoms with Gasteiger partial charge in [0.05, 0.1) is 40.3 Å². The number of esters is 2. The number of carboxylic acids is 1. The quantitative estimate of drug-likeness (QED) is 0.0197. The predicted octanol–water partition coefficient (Wildman–Crippen LogP) is 13.6. The number of ether oxygens (including phenoxy) is 3. The van der Waals surface area contributed by atoms with Gasteiger partial charge in [0.15, 0.2) is 6.10 Å². The van der Waals surface area contributed by atoms with E-state index in [1.807, 2.05) is 0 Å². The molecule has 0 saturated heterocycles. The Morgan fingerprint density at radius 1 is 0.508 bits per heavy atom. The molecule has 0 aliphatic heterocycles. The van der Waals surface area contributed by atoms with Gasteiger partial charge in [-0.15, -0.1) is 0 Å². The zero-order chi connectivity index (χ0) is 46.3. The van der Waals surface area contributed by atoms with Crippen molar-refractivity contribution < 1.29 is 38.2 Å². The van der Waals surface area contributed by atoms with Crippen LogP contribution in [0.2, 0.25) is 0 Å². The van der Waals surface area contributed by atoms with E-state index in [1.165, 1.54) is 128 Å². The number of likely N-dealkylation sites (N-methyl/N-ethyl adjacent to an activating group) is 1. The molecule has 0 aromatic heterocycles. The summed E-state index contributed by atoms with van der Waals surface area (Å²) in [5.74, 6) is -1.74. The molecule has 0 bridgehead atoms. The third kappa shape index (κ3) is 44.0. The second kappa shape index (κ2) is 45.6. The summed E-state index contributed by atoms with van der Waals surface area (Å²) in [4.78, 5) is 37.1. The van der Waals surface area contributed by atoms with Crippen LogP contribution in [0.15, 0.2) is 60.8 Å². The molecule has 63 heavy (non-hydrogen) atoms. The molecule has 0 aliphatic rings. The highest BCUT2D eigenvalue weighted by molar-refractivity contribution is 5.70. The van der Waals surface area contributed by atoms with Crippen LogP contribution in [0.1, 0.15) is 219 Å². The van der Waals surface area contributed by atoms with Gasteiger partial charge in [-0.1, -0.05) is 190 Å². The molecule has 0 amide bonds. The molecule has 0 spiro atoms. The van der Waals surface area contributed by atoms with Crippen molar-refractivity contribution in [1.29, 1.82) is 0 Å². The molecule has 0 heterocycles. The third-order valence-corrected chi connectivity index (χ3v) is 11.4. The van der Waals surface area contributed by atoms with E-state index in [0.29, 0.717) is 12.8 Å². The van der Waals surface area contributed by atoms with Gasteiger partial charge in [-0.2, -0.15) is 0 Å². The minimum absolute atomic E-state index is 0.0374. The summed E-state index contributed by atoms with van der Waals surface area (Å²) < 4.78 is 17.3. The van der Waals surface area contributed by atoms with Crippen LogP contribution < -0.4 is 5.11 Å². The highest BCUT2D eigenvalue weighted by Gasteiger charge is 2.25. The largest absolute Gasteiger partial charge is 0.544 e. The molecule has 0 rings (SSSR count). The molecule has 0 aliphatic carbocycles. The van der Waals surface area contributed by atoms with Crippen molar-refractivity contribution in [2.75, 3.05) is 41.0 Å². The molecule has 364 valence electrons. The van der Waals surface area contributed by atoms with Gasteiger partial charge in [0, 0.05) is 19.3 Å². The number of carbonyl (C=O) groups is 3. The number of carbonyl (C=O) groups excluding carboxylic acids is 3. The summed E-state index contributed by atoms with van der Waals surface area (Å²) in [7, 11) is 5.41. The van der Waals surface area contributed by atoms with Gasteiger partial charge >= 0.3 is 11.9 Å². The van der Waals surface area contributed by atoms with Crippen LogP contribution in [0.25, 0.3) is 0 Å². The summed E-state index contributed by atoms with van der Waals surface area (Å²) in [6.45, 7) is 4.54. The molecule has 0 N–H and O–H groups in total. The molecule has 0 saturated carbocycles. The van der Waals surface area contributed by atoms with Crippen molar-refractivity contribution in [1.82, 2.24) is 0 Å². The average Bonchev–Trinajstić information content (AvgIpc) is 3.24. The molecule has 0 aromatic rings. The molecule has 2 unspecified atom stereocenters. The first-order valence-corrected chi connectivity index (χ1v) is 25.8. The highest BCUT2D eigenvalue weighted by atomic mass is 16.6. The lowest BCUT2D eigenvalue weighted by molar-refractivity contribution is -0.889. The number of hydrogen-bond acceptors (Lipinski definition) is 7. The van der Waals surface area contributed by atoms with Crippen molar-refractivity contribution in [2.24, 2.45) is 0 Å². The van der Waals surface area contributed by atoms with Crippen LogP contribution in [0, 0.1) is 0 Å². The standard InChI is InChI=1S/C55H97NO7/c1-6-8-10-12-14-16-18-20-22-24-26-28-29-31-33-35-37-39-41-43-45-53(57)62-50-51(49-61-48-47-52(55(59)60)56(3,4)5)63-54(58)46-44-42-40-38-36-34-32-30-27-25-23-21-19-17-15-13-11-9-7-2/h8,10,14-17,19-22,51-52H,6-7,9,11-13,18,23-50H2,1-5H3/b10-8+,16-14+,17-15+,21-19+,22-20+. The molecule has 2 atom stereocenters. The van der Waals surface area contributed by atoms with E-state index in [0.717, 1.165) is 57.8 Å². The van der Waals surface area contributed by atoms with Crippen molar-refractivity contribution in [3.8, 4) is 0 Å². The van der Waals surface area contributed by atoms with E-state index in [4.69, 9.17) is 14.2 Å². The Kier molecular flexibility index (Phi) is 43.4. The Bertz CT molecular complexity index is 1210. The lowest BCUT2D eigenvalue weighted by atomic mass is 10.0. The zero-order valence-corrected chi connectivity index (χ0v) is 41.5. The molecular formula is C55H97NO7. The minimum Gasteiger partial charge on any atom is -0.544 e. The normalized spacial score (nSPS) is 13.3. The second-order valence-corrected chi connectivity index (χ2v) is 18.4. The van der Waals surface area contributed by atoms with Crippen LogP contribution in [-0.2, 0) is 28.6 Å². The first-order chi connectivity index (χ1) is 30.6. The number of rotatable bonds is 46. The van der Waals surface area contributed by atoms with Gasteiger partial charge in [0.25, 0.3) is 0 Å². The fourth-order valence-electron chi connectivity index (χ4n) is 7.43. The summed E-state index contributed by atoms with van der Waals surface area (Å²) in [5.41, 5.74) is 0. The first kappa shape index (κ1) is 60.0. The Hall–Kier alpha value is -2.97. The number of carboxylic acid groups (broad SMARTS) is 1. The van der Waals surface area contributed by atoms with Crippen LogP contribution in [0.5, 0.6) is 0 Å². The first-order valence-electron chi connectivity index (χ1n) is 25.8. The van der Waals surface area contributed by atoms with E-state index < -0.39 is 18.1 Å². The number of nitrogens with zero attached hydrogens (tertiary/aromatic N) is 1. The SMILES string of the molecule is CC/C=C/C/C=C/C/C=C/CCCCCCCCCCCCC(=O)OCC(COCCC(C(=O)[O-])[N+](C)(C)C)OC(=O)CCCCCCCCCCCC/C=C/C=C/CCCCC. The van der Waals surface area contributed by atoms with Crippen molar-refractivity contribution in [2.45, 2.75) is 231 Å². The van der Waals surface area contributed by atoms with E-state index in [9.17, 15) is 19.5 Å². The average molecular weight is 884 g/mol. The summed E-state index contributed by atoms with van der Waals surface area (Å²) in [5, 5.41) is 11.7. The maximum absolute atomic E-state index is 12.8. The van der Waals surface area contributed by atoms with Crippen molar-refractivity contribution in [3.63, 3.8) is 0 Å². The van der Waals surface area contributed by atoms with E-state index in [2.05, 4.69) is 74.6 Å². The lowest BCUT2D eigenvalue weighted by Crippen LogP contribution is -2.55. The minimum atomic E-state index is -1.13. The van der Waals surface area contributed by atoms with Gasteiger partial charge < -0.3 is 28.6 Å². The van der Waals surface area contributed by atoms with Crippen molar-refractivity contribution >= 4 is 17.9 Å². The smallest absolute Gasteiger partial charge is 0.306 e. The molecule has 0 aromatic carbocycles. The number of aliphatic carboxylic acids is 1. The molecule has 8 nitrogen and oxygen atoms in total. The molecule has 0 fully saturated rings. The third-order valence-electron chi connectivity index (χ3n) is 11.4. The number of unbranched alkanes of at least 4 members (excludes halogenated alkanes) is 23. The Morgan fingerprint density at radius 2 is 0.937 bits per heavy atom. The zero-order valence-electron chi connectivity index (χ0n) is 41.5. The predicted molar refractivity (Wildman–Crippen MR) is 263 cm³/mol. The lowest BCUT2D eigenvalue weighted by Gasteiger charge is -2.34. The van der Waals surface area contributed by atoms with Crippen LogP contribution >= 0.6 is 0 Å².